The number of rotatable bonds is 9. The normalized spacial score (nSPS) is 11.3. The minimum atomic E-state index is 0.146. The van der Waals surface area contributed by atoms with E-state index in [1.807, 2.05) is 31.2 Å². The third-order valence-electron chi connectivity index (χ3n) is 4.96. The third kappa shape index (κ3) is 5.42. The Bertz CT molecular complexity index is 748. The average molecular weight is 370 g/mol. The number of carbonyl (C=O) groups is 1. The summed E-state index contributed by atoms with van der Waals surface area (Å²) in [7, 11) is 0.146. The second-order valence-corrected chi connectivity index (χ2v) is 8.30. The van der Waals surface area contributed by atoms with Crippen molar-refractivity contribution in [2.24, 2.45) is 0 Å². The number of unbranched alkanes of at least 4 members (excludes halogenated alkanes) is 3. The Labute approximate surface area is 160 Å². The number of aryl methyl sites for hydroxylation is 2. The molecule has 0 saturated carbocycles. The summed E-state index contributed by atoms with van der Waals surface area (Å²) in [4.78, 5) is 12.9. The Morgan fingerprint density at radius 1 is 0.923 bits per heavy atom. The molecule has 0 spiro atoms. The number of hydrogen-bond donors (Lipinski definition) is 0. The summed E-state index contributed by atoms with van der Waals surface area (Å²) in [5.41, 5.74) is 5.78. The molecule has 2 nitrogen and oxygen atoms in total. The second kappa shape index (κ2) is 9.88. The Morgan fingerprint density at radius 3 is 2.27 bits per heavy atom. The average Bonchev–Trinajstić information content (AvgIpc) is 2.61. The van der Waals surface area contributed by atoms with Gasteiger partial charge in [0.05, 0.1) is 6.61 Å². The molecule has 26 heavy (non-hydrogen) atoms. The molecule has 0 aromatic heterocycles. The monoisotopic (exact) mass is 370 g/mol. The fourth-order valence-electron chi connectivity index (χ4n) is 3.18. The van der Waals surface area contributed by atoms with Crippen molar-refractivity contribution < 1.29 is 9.53 Å². The van der Waals surface area contributed by atoms with E-state index in [0.29, 0.717) is 0 Å². The molecule has 0 N–H and O–H groups in total. The Kier molecular flexibility index (Phi) is 7.85. The van der Waals surface area contributed by atoms with E-state index in [-0.39, 0.29) is 14.1 Å². The van der Waals surface area contributed by atoms with E-state index < -0.39 is 0 Å². The van der Waals surface area contributed by atoms with Crippen molar-refractivity contribution in [3.63, 3.8) is 0 Å². The lowest BCUT2D eigenvalue weighted by molar-refractivity contribution is 0.108. The summed E-state index contributed by atoms with van der Waals surface area (Å²) >= 11 is 0. The van der Waals surface area contributed by atoms with Crippen LogP contribution in [0.15, 0.2) is 30.3 Å². The topological polar surface area (TPSA) is 26.3 Å². The first-order valence-corrected chi connectivity index (χ1v) is 10.6. The number of carbonyl (C=O) groups excluding carboxylic acids is 1. The lowest BCUT2D eigenvalue weighted by Crippen LogP contribution is -2.07. The molecule has 0 fully saturated rings. The first-order valence-electron chi connectivity index (χ1n) is 9.55. The molecule has 1 unspecified atom stereocenters. The van der Waals surface area contributed by atoms with E-state index >= 15 is 0 Å². The molecule has 0 bridgehead atoms. The van der Waals surface area contributed by atoms with Crippen molar-refractivity contribution in [2.45, 2.75) is 60.3 Å². The molecule has 2 aromatic carbocycles. The van der Waals surface area contributed by atoms with E-state index in [9.17, 15) is 4.79 Å². The van der Waals surface area contributed by atoms with Gasteiger partial charge in [0.15, 0.2) is 5.52 Å². The van der Waals surface area contributed by atoms with Gasteiger partial charge in [-0.25, -0.2) is 0 Å². The predicted molar refractivity (Wildman–Crippen MR) is 114 cm³/mol. The van der Waals surface area contributed by atoms with Crippen LogP contribution in [0.25, 0.3) is 0 Å². The molecule has 0 saturated heterocycles. The number of ether oxygens (including phenoxy) is 1. The van der Waals surface area contributed by atoms with Crippen molar-refractivity contribution in [1.29, 1.82) is 0 Å². The zero-order valence-corrected chi connectivity index (χ0v) is 17.7. The van der Waals surface area contributed by atoms with Gasteiger partial charge in [0.1, 0.15) is 5.75 Å². The van der Waals surface area contributed by atoms with Crippen LogP contribution in [-0.4, -0.2) is 12.1 Å². The SMILES string of the molecule is CCCCCCOc1ccc(PC(=O)c2c(C)cc(C)c(C)c2C)cc1. The first-order chi connectivity index (χ1) is 12.4. The maximum Gasteiger partial charge on any atom is 0.186 e. The lowest BCUT2D eigenvalue weighted by Gasteiger charge is -2.14. The molecule has 2 aromatic rings. The molecule has 0 radical (unpaired) electrons. The molecule has 1 atom stereocenters. The van der Waals surface area contributed by atoms with Crippen LogP contribution in [0, 0.1) is 27.7 Å². The van der Waals surface area contributed by atoms with Crippen molar-refractivity contribution in [1.82, 2.24) is 0 Å². The highest BCUT2D eigenvalue weighted by Crippen LogP contribution is 2.28. The van der Waals surface area contributed by atoms with E-state index in [4.69, 9.17) is 4.74 Å². The molecular formula is C23H31O2P. The summed E-state index contributed by atoms with van der Waals surface area (Å²) in [6.45, 7) is 11.3. The Balaban J connectivity index is 1.99. The van der Waals surface area contributed by atoms with Crippen LogP contribution in [0.2, 0.25) is 0 Å². The van der Waals surface area contributed by atoms with Crippen molar-refractivity contribution in [3.8, 4) is 5.75 Å². The van der Waals surface area contributed by atoms with Crippen LogP contribution < -0.4 is 10.0 Å². The minimum Gasteiger partial charge on any atom is -0.494 e. The molecule has 0 heterocycles. The summed E-state index contributed by atoms with van der Waals surface area (Å²) in [5.74, 6) is 0.890. The smallest absolute Gasteiger partial charge is 0.186 e. The van der Waals surface area contributed by atoms with Gasteiger partial charge in [0.2, 0.25) is 0 Å². The minimum absolute atomic E-state index is 0.146. The van der Waals surface area contributed by atoms with Gasteiger partial charge < -0.3 is 4.74 Å². The summed E-state index contributed by atoms with van der Waals surface area (Å²) in [6, 6.07) is 10.1. The third-order valence-corrected chi connectivity index (χ3v) is 6.06. The van der Waals surface area contributed by atoms with E-state index in [0.717, 1.165) is 40.8 Å². The van der Waals surface area contributed by atoms with Crippen molar-refractivity contribution >= 4 is 19.4 Å². The molecule has 0 amide bonds. The van der Waals surface area contributed by atoms with Gasteiger partial charge >= 0.3 is 0 Å². The maximum atomic E-state index is 12.9. The van der Waals surface area contributed by atoms with Gasteiger partial charge in [-0.3, -0.25) is 4.79 Å². The van der Waals surface area contributed by atoms with Crippen LogP contribution in [0.5, 0.6) is 5.75 Å². The second-order valence-electron chi connectivity index (χ2n) is 7.02. The number of benzene rings is 2. The standard InChI is InChI=1S/C23H31O2P/c1-6-7-8-9-14-25-20-10-12-21(13-11-20)26-23(24)22-17(3)15-16(2)18(4)19(22)5/h10-13,15,26H,6-9,14H2,1-5H3. The van der Waals surface area contributed by atoms with Crippen LogP contribution in [0.3, 0.4) is 0 Å². The Hall–Kier alpha value is -1.66. The predicted octanol–water partition coefficient (Wildman–Crippen LogP) is 6.02. The molecular weight excluding hydrogens is 339 g/mol. The molecule has 2 rings (SSSR count). The lowest BCUT2D eigenvalue weighted by atomic mass is 9.95. The van der Waals surface area contributed by atoms with Gasteiger partial charge in [0.25, 0.3) is 0 Å². The van der Waals surface area contributed by atoms with E-state index in [2.05, 4.69) is 33.8 Å². The molecule has 3 heteroatoms. The Morgan fingerprint density at radius 2 is 1.62 bits per heavy atom. The molecule has 0 aliphatic rings. The van der Waals surface area contributed by atoms with Crippen LogP contribution in [0.1, 0.15) is 65.2 Å². The largest absolute Gasteiger partial charge is 0.494 e. The van der Waals surface area contributed by atoms with Gasteiger partial charge in [0, 0.05) is 5.56 Å². The van der Waals surface area contributed by atoms with Crippen LogP contribution >= 0.6 is 8.58 Å². The first kappa shape index (κ1) is 20.6. The zero-order valence-electron chi connectivity index (χ0n) is 16.7. The van der Waals surface area contributed by atoms with Gasteiger partial charge in [-0.2, -0.15) is 0 Å². The van der Waals surface area contributed by atoms with Gasteiger partial charge in [-0.1, -0.05) is 44.4 Å². The fourth-order valence-corrected chi connectivity index (χ4v) is 4.29. The molecule has 0 aliphatic carbocycles. The molecule has 0 aliphatic heterocycles. The highest BCUT2D eigenvalue weighted by molar-refractivity contribution is 7.66. The van der Waals surface area contributed by atoms with Crippen molar-refractivity contribution in [3.05, 3.63) is 58.1 Å². The van der Waals surface area contributed by atoms with Crippen molar-refractivity contribution in [2.75, 3.05) is 6.61 Å². The maximum absolute atomic E-state index is 12.9. The molecule has 140 valence electrons. The summed E-state index contributed by atoms with van der Waals surface area (Å²) < 4.78 is 5.78. The van der Waals surface area contributed by atoms with Crippen LogP contribution in [-0.2, 0) is 0 Å². The van der Waals surface area contributed by atoms with Gasteiger partial charge in [-0.15, -0.1) is 0 Å². The summed E-state index contributed by atoms with van der Waals surface area (Å²) in [5, 5.41) is 1.06. The van der Waals surface area contributed by atoms with E-state index in [1.54, 1.807) is 0 Å². The quantitative estimate of drug-likeness (QED) is 0.398. The van der Waals surface area contributed by atoms with Gasteiger partial charge in [-0.05, 0) is 82.4 Å². The highest BCUT2D eigenvalue weighted by Gasteiger charge is 2.16. The van der Waals surface area contributed by atoms with Crippen LogP contribution in [0.4, 0.5) is 0 Å². The number of hydrogen-bond acceptors (Lipinski definition) is 2. The highest BCUT2D eigenvalue weighted by atomic mass is 31.1. The summed E-state index contributed by atoms with van der Waals surface area (Å²) in [6.07, 6.45) is 4.83. The zero-order chi connectivity index (χ0) is 19.1. The fraction of sp³-hybridized carbons (Fsp3) is 0.435. The van der Waals surface area contributed by atoms with E-state index in [1.165, 1.54) is 30.4 Å².